The van der Waals surface area contributed by atoms with Crippen molar-refractivity contribution in [2.45, 2.75) is 64.1 Å². The molecule has 0 bridgehead atoms. The van der Waals surface area contributed by atoms with Crippen LogP contribution in [0.5, 0.6) is 5.75 Å². The Kier molecular flexibility index (Phi) is 3.73. The van der Waals surface area contributed by atoms with Crippen LogP contribution in [0, 0.1) is 17.3 Å². The van der Waals surface area contributed by atoms with Crippen LogP contribution in [0.25, 0.3) is 0 Å². The molecule has 1 aromatic carbocycles. The number of fused-ring (bicyclic) bond motifs is 5. The first-order chi connectivity index (χ1) is 11.4. The van der Waals surface area contributed by atoms with Crippen molar-refractivity contribution in [2.24, 2.45) is 17.3 Å². The fourth-order valence-corrected chi connectivity index (χ4v) is 5.78. The molecule has 0 aromatic heterocycles. The Hall–Kier alpha value is -1.39. The minimum Gasteiger partial charge on any atom is -0.427 e. The Morgan fingerprint density at radius 3 is 2.83 bits per heavy atom. The number of aryl methyl sites for hydroxylation is 1. The molecule has 0 spiro atoms. The number of hydrogen-bond donors (Lipinski definition) is 2. The normalized spacial score (nSPS) is 40.4. The maximum atomic E-state index is 11.2. The standard InChI is InChI=1S/C20H26O4/c1-11(21)24-13-4-6-14-12(9-13)3-5-16-15(14)7-8-20(2)17(16)10-18(22)19(20)23/h4,6,9,15-19,22-23H,3,5,7-8,10H2,1-2H3/t15-,16-,17+,18-,19+,20+/m1/s1. The van der Waals surface area contributed by atoms with Gasteiger partial charge < -0.3 is 14.9 Å². The number of benzene rings is 1. The molecule has 1 aromatic rings. The number of carbonyl (C=O) groups is 1. The van der Waals surface area contributed by atoms with Crippen LogP contribution < -0.4 is 4.74 Å². The predicted molar refractivity (Wildman–Crippen MR) is 89.8 cm³/mol. The third kappa shape index (κ3) is 2.31. The molecule has 6 atom stereocenters. The average molecular weight is 330 g/mol. The first-order valence-electron chi connectivity index (χ1n) is 9.07. The van der Waals surface area contributed by atoms with Gasteiger partial charge in [-0.1, -0.05) is 13.0 Å². The van der Waals surface area contributed by atoms with E-state index in [-0.39, 0.29) is 11.4 Å². The Bertz CT molecular complexity index is 670. The highest BCUT2D eigenvalue weighted by molar-refractivity contribution is 5.69. The lowest BCUT2D eigenvalue weighted by molar-refractivity contribution is -0.131. The summed E-state index contributed by atoms with van der Waals surface area (Å²) < 4.78 is 5.22. The lowest BCUT2D eigenvalue weighted by Crippen LogP contribution is -2.44. The lowest BCUT2D eigenvalue weighted by atomic mass is 9.55. The van der Waals surface area contributed by atoms with Gasteiger partial charge in [0.25, 0.3) is 0 Å². The van der Waals surface area contributed by atoms with Gasteiger partial charge in [0.05, 0.1) is 12.2 Å². The van der Waals surface area contributed by atoms with Crippen LogP contribution in [-0.2, 0) is 11.2 Å². The van der Waals surface area contributed by atoms with Crippen molar-refractivity contribution in [3.63, 3.8) is 0 Å². The summed E-state index contributed by atoms with van der Waals surface area (Å²) in [4.78, 5) is 11.2. The number of ether oxygens (including phenoxy) is 1. The summed E-state index contributed by atoms with van der Waals surface area (Å²) in [7, 11) is 0. The van der Waals surface area contributed by atoms with Gasteiger partial charge in [-0.05, 0) is 78.5 Å². The summed E-state index contributed by atoms with van der Waals surface area (Å²) >= 11 is 0. The van der Waals surface area contributed by atoms with Gasteiger partial charge >= 0.3 is 5.97 Å². The second kappa shape index (κ2) is 5.57. The van der Waals surface area contributed by atoms with E-state index in [1.54, 1.807) is 0 Å². The molecule has 0 unspecified atom stereocenters. The molecular weight excluding hydrogens is 304 g/mol. The van der Waals surface area contributed by atoms with E-state index in [0.717, 1.165) is 32.1 Å². The number of aliphatic hydroxyl groups excluding tert-OH is 2. The minimum absolute atomic E-state index is 0.143. The van der Waals surface area contributed by atoms with Crippen molar-refractivity contribution in [1.29, 1.82) is 0 Å². The van der Waals surface area contributed by atoms with E-state index in [9.17, 15) is 15.0 Å². The van der Waals surface area contributed by atoms with E-state index in [4.69, 9.17) is 4.74 Å². The molecule has 0 radical (unpaired) electrons. The molecule has 2 saturated carbocycles. The van der Waals surface area contributed by atoms with E-state index in [2.05, 4.69) is 13.0 Å². The molecule has 3 aliphatic rings. The van der Waals surface area contributed by atoms with Crippen LogP contribution in [0.4, 0.5) is 0 Å². The highest BCUT2D eigenvalue weighted by Crippen LogP contribution is 2.60. The largest absolute Gasteiger partial charge is 0.427 e. The number of esters is 1. The zero-order valence-corrected chi connectivity index (χ0v) is 14.4. The van der Waals surface area contributed by atoms with E-state index in [1.807, 2.05) is 12.1 Å². The topological polar surface area (TPSA) is 66.8 Å². The molecule has 0 aliphatic heterocycles. The van der Waals surface area contributed by atoms with Crippen LogP contribution in [0.15, 0.2) is 18.2 Å². The monoisotopic (exact) mass is 330 g/mol. The number of hydrogen-bond acceptors (Lipinski definition) is 4. The Morgan fingerprint density at radius 2 is 2.08 bits per heavy atom. The van der Waals surface area contributed by atoms with Crippen LogP contribution in [0.1, 0.15) is 56.6 Å². The van der Waals surface area contributed by atoms with Gasteiger partial charge in [0, 0.05) is 6.92 Å². The van der Waals surface area contributed by atoms with E-state index in [1.165, 1.54) is 18.1 Å². The van der Waals surface area contributed by atoms with Crippen molar-refractivity contribution in [3.8, 4) is 5.75 Å². The lowest BCUT2D eigenvalue weighted by Gasteiger charge is -2.49. The first-order valence-corrected chi connectivity index (χ1v) is 9.07. The SMILES string of the molecule is CC(=O)Oc1ccc2c(c1)CC[C@@H]1[C@@H]2CC[C@]2(C)[C@@H](O)[C@H](O)C[C@@H]12. The number of aliphatic hydroxyl groups is 2. The van der Waals surface area contributed by atoms with Crippen molar-refractivity contribution < 1.29 is 19.7 Å². The highest BCUT2D eigenvalue weighted by Gasteiger charge is 2.57. The summed E-state index contributed by atoms with van der Waals surface area (Å²) in [6, 6.07) is 6.03. The van der Waals surface area contributed by atoms with Gasteiger partial charge in [0.1, 0.15) is 5.75 Å². The second-order valence-electron chi connectivity index (χ2n) is 8.16. The number of rotatable bonds is 1. The van der Waals surface area contributed by atoms with Gasteiger partial charge in [-0.15, -0.1) is 0 Å². The van der Waals surface area contributed by atoms with Gasteiger partial charge in [-0.25, -0.2) is 0 Å². The summed E-state index contributed by atoms with van der Waals surface area (Å²) in [5.41, 5.74) is 2.52. The van der Waals surface area contributed by atoms with Crippen molar-refractivity contribution >= 4 is 5.97 Å². The van der Waals surface area contributed by atoms with Crippen LogP contribution >= 0.6 is 0 Å². The van der Waals surface area contributed by atoms with E-state index in [0.29, 0.717) is 23.5 Å². The fraction of sp³-hybridized carbons (Fsp3) is 0.650. The Morgan fingerprint density at radius 1 is 1.29 bits per heavy atom. The van der Waals surface area contributed by atoms with Crippen LogP contribution in [-0.4, -0.2) is 28.4 Å². The highest BCUT2D eigenvalue weighted by atomic mass is 16.5. The Labute approximate surface area is 142 Å². The molecule has 0 heterocycles. The Balaban J connectivity index is 1.64. The van der Waals surface area contributed by atoms with Gasteiger partial charge in [-0.2, -0.15) is 0 Å². The maximum absolute atomic E-state index is 11.2. The molecule has 2 fully saturated rings. The molecule has 0 saturated heterocycles. The second-order valence-corrected chi connectivity index (χ2v) is 8.16. The summed E-state index contributed by atoms with van der Waals surface area (Å²) in [5.74, 6) is 1.76. The third-order valence-corrected chi connectivity index (χ3v) is 6.93. The summed E-state index contributed by atoms with van der Waals surface area (Å²) in [6.07, 6.45) is 3.64. The zero-order chi connectivity index (χ0) is 17.1. The van der Waals surface area contributed by atoms with E-state index >= 15 is 0 Å². The van der Waals surface area contributed by atoms with Gasteiger partial charge in [-0.3, -0.25) is 4.79 Å². The molecule has 4 rings (SSSR count). The summed E-state index contributed by atoms with van der Waals surface area (Å²) in [6.45, 7) is 3.59. The third-order valence-electron chi connectivity index (χ3n) is 6.93. The number of carbonyl (C=O) groups excluding carboxylic acids is 1. The molecule has 2 N–H and O–H groups in total. The smallest absolute Gasteiger partial charge is 0.308 e. The molecule has 4 nitrogen and oxygen atoms in total. The predicted octanol–water partition coefficient (Wildman–Crippen LogP) is 2.80. The summed E-state index contributed by atoms with van der Waals surface area (Å²) in [5, 5.41) is 20.7. The zero-order valence-electron chi connectivity index (χ0n) is 14.4. The van der Waals surface area contributed by atoms with E-state index < -0.39 is 12.2 Å². The maximum Gasteiger partial charge on any atom is 0.308 e. The quantitative estimate of drug-likeness (QED) is 0.614. The van der Waals surface area contributed by atoms with Crippen LogP contribution in [0.2, 0.25) is 0 Å². The van der Waals surface area contributed by atoms with Crippen molar-refractivity contribution in [2.75, 3.05) is 0 Å². The molecule has 24 heavy (non-hydrogen) atoms. The van der Waals surface area contributed by atoms with Crippen molar-refractivity contribution in [1.82, 2.24) is 0 Å². The minimum atomic E-state index is -0.587. The molecule has 3 aliphatic carbocycles. The van der Waals surface area contributed by atoms with Crippen molar-refractivity contribution in [3.05, 3.63) is 29.3 Å². The molecule has 4 heteroatoms. The molecular formula is C20H26O4. The fourth-order valence-electron chi connectivity index (χ4n) is 5.78. The molecule has 0 amide bonds. The molecule has 130 valence electrons. The van der Waals surface area contributed by atoms with Gasteiger partial charge in [0.2, 0.25) is 0 Å². The average Bonchev–Trinajstić information content (AvgIpc) is 2.77. The van der Waals surface area contributed by atoms with Crippen LogP contribution in [0.3, 0.4) is 0 Å². The van der Waals surface area contributed by atoms with Gasteiger partial charge in [0.15, 0.2) is 0 Å². The first kappa shape index (κ1) is 16.1.